The Balaban J connectivity index is 1.60. The van der Waals surface area contributed by atoms with Crippen LogP contribution < -0.4 is 4.74 Å². The van der Waals surface area contributed by atoms with Gasteiger partial charge in [0.05, 0.1) is 12.2 Å². The van der Waals surface area contributed by atoms with Gasteiger partial charge in [-0.25, -0.2) is 4.79 Å². The lowest BCUT2D eigenvalue weighted by atomic mass is 9.94. The third-order valence-corrected chi connectivity index (χ3v) is 6.97. The molecule has 1 aliphatic rings. The van der Waals surface area contributed by atoms with Crippen molar-refractivity contribution in [3.63, 3.8) is 0 Å². The standard InChI is InChI=1S/C30H41F3N2O3/c1-8-37-28(36)29(6,7)38-27-21(4)15-24(16-22(27)5)19-35-13-11-34(12-14-35)18-23-9-10-26(30(31,32)33)25(17-23)20(2)3/h9-10,15-17,20H,8,11-14,18-19H2,1-7H3. The second-order valence-electron chi connectivity index (χ2n) is 11.0. The first-order chi connectivity index (χ1) is 17.7. The maximum Gasteiger partial charge on any atom is 0.416 e. The maximum absolute atomic E-state index is 13.4. The molecule has 0 radical (unpaired) electrons. The zero-order valence-corrected chi connectivity index (χ0v) is 23.7. The number of nitrogens with zero attached hydrogens (tertiary/aromatic N) is 2. The van der Waals surface area contributed by atoms with Crippen LogP contribution >= 0.6 is 0 Å². The predicted molar refractivity (Wildman–Crippen MR) is 143 cm³/mol. The third kappa shape index (κ3) is 7.50. The first-order valence-electron chi connectivity index (χ1n) is 13.3. The Labute approximate surface area is 224 Å². The van der Waals surface area contributed by atoms with Crippen molar-refractivity contribution in [3.8, 4) is 5.75 Å². The zero-order valence-electron chi connectivity index (χ0n) is 23.7. The molecule has 0 amide bonds. The number of rotatable bonds is 9. The van der Waals surface area contributed by atoms with Gasteiger partial charge >= 0.3 is 12.1 Å². The molecule has 0 spiro atoms. The number of benzene rings is 2. The van der Waals surface area contributed by atoms with Gasteiger partial charge in [-0.05, 0) is 74.4 Å². The van der Waals surface area contributed by atoms with Gasteiger partial charge < -0.3 is 9.47 Å². The third-order valence-electron chi connectivity index (χ3n) is 6.97. The molecule has 0 aromatic heterocycles. The fourth-order valence-electron chi connectivity index (χ4n) is 4.96. The van der Waals surface area contributed by atoms with Gasteiger partial charge in [-0.3, -0.25) is 9.80 Å². The molecule has 0 aliphatic carbocycles. The summed E-state index contributed by atoms with van der Waals surface area (Å²) in [5.41, 5.74) is 2.79. The van der Waals surface area contributed by atoms with Crippen LogP contribution in [-0.4, -0.2) is 54.2 Å². The van der Waals surface area contributed by atoms with E-state index in [-0.39, 0.29) is 5.92 Å². The van der Waals surface area contributed by atoms with Crippen LogP contribution in [0.25, 0.3) is 0 Å². The largest absolute Gasteiger partial charge is 0.476 e. The lowest BCUT2D eigenvalue weighted by Crippen LogP contribution is -2.45. The van der Waals surface area contributed by atoms with E-state index in [1.165, 1.54) is 11.6 Å². The molecule has 1 fully saturated rings. The van der Waals surface area contributed by atoms with Crippen molar-refractivity contribution < 1.29 is 27.4 Å². The van der Waals surface area contributed by atoms with Gasteiger partial charge in [-0.15, -0.1) is 0 Å². The first-order valence-corrected chi connectivity index (χ1v) is 13.3. The van der Waals surface area contributed by atoms with E-state index in [0.29, 0.717) is 24.5 Å². The van der Waals surface area contributed by atoms with E-state index in [0.717, 1.165) is 49.4 Å². The molecule has 0 N–H and O–H groups in total. The van der Waals surface area contributed by atoms with E-state index in [1.54, 1.807) is 46.8 Å². The van der Waals surface area contributed by atoms with Crippen molar-refractivity contribution in [3.05, 3.63) is 63.7 Å². The van der Waals surface area contributed by atoms with E-state index < -0.39 is 23.3 Å². The summed E-state index contributed by atoms with van der Waals surface area (Å²) in [5, 5.41) is 0. The van der Waals surface area contributed by atoms with Crippen LogP contribution in [0.1, 0.15) is 73.9 Å². The summed E-state index contributed by atoms with van der Waals surface area (Å²) in [6, 6.07) is 8.77. The lowest BCUT2D eigenvalue weighted by Gasteiger charge is -2.35. The van der Waals surface area contributed by atoms with Crippen molar-refractivity contribution in [1.29, 1.82) is 0 Å². The number of carbonyl (C=O) groups excluding carboxylic acids is 1. The van der Waals surface area contributed by atoms with Crippen molar-refractivity contribution in [2.24, 2.45) is 0 Å². The van der Waals surface area contributed by atoms with Crippen LogP contribution in [0.15, 0.2) is 30.3 Å². The molecule has 1 saturated heterocycles. The molecule has 1 heterocycles. The highest BCUT2D eigenvalue weighted by atomic mass is 19.4. The number of alkyl halides is 3. The highest BCUT2D eigenvalue weighted by molar-refractivity contribution is 5.79. The van der Waals surface area contributed by atoms with Gasteiger partial charge in [0, 0.05) is 39.3 Å². The highest BCUT2D eigenvalue weighted by Crippen LogP contribution is 2.36. The van der Waals surface area contributed by atoms with Crippen molar-refractivity contribution in [1.82, 2.24) is 9.80 Å². The number of piperazine rings is 1. The Hall–Kier alpha value is -2.58. The predicted octanol–water partition coefficient (Wildman–Crippen LogP) is 6.48. The van der Waals surface area contributed by atoms with Gasteiger partial charge in [-0.1, -0.05) is 38.1 Å². The molecule has 5 nitrogen and oxygen atoms in total. The average molecular weight is 535 g/mol. The molecule has 38 heavy (non-hydrogen) atoms. The molecule has 0 saturated carbocycles. The molecule has 8 heteroatoms. The number of carbonyl (C=O) groups is 1. The summed E-state index contributed by atoms with van der Waals surface area (Å²) in [4.78, 5) is 16.9. The van der Waals surface area contributed by atoms with Crippen molar-refractivity contribution in [2.75, 3.05) is 32.8 Å². The van der Waals surface area contributed by atoms with Crippen molar-refractivity contribution >= 4 is 5.97 Å². The van der Waals surface area contributed by atoms with Crippen LogP contribution in [0.3, 0.4) is 0 Å². The topological polar surface area (TPSA) is 42.0 Å². The number of hydrogen-bond acceptors (Lipinski definition) is 5. The van der Waals surface area contributed by atoms with Crippen molar-refractivity contribution in [2.45, 2.75) is 79.3 Å². The minimum atomic E-state index is -4.33. The second-order valence-corrected chi connectivity index (χ2v) is 11.0. The van der Waals surface area contributed by atoms with Crippen LogP contribution in [0.2, 0.25) is 0 Å². The monoisotopic (exact) mass is 534 g/mol. The minimum Gasteiger partial charge on any atom is -0.476 e. The summed E-state index contributed by atoms with van der Waals surface area (Å²) in [6.45, 7) is 18.0. The first kappa shape index (κ1) is 30.0. The molecular formula is C30H41F3N2O3. The van der Waals surface area contributed by atoms with Crippen LogP contribution in [-0.2, 0) is 28.8 Å². The summed E-state index contributed by atoms with van der Waals surface area (Å²) in [6.07, 6.45) is -4.33. The molecule has 0 unspecified atom stereocenters. The molecule has 3 rings (SSSR count). The smallest absolute Gasteiger partial charge is 0.416 e. The second kappa shape index (κ2) is 12.1. The normalized spacial score (nSPS) is 15.7. The quantitative estimate of drug-likeness (QED) is 0.344. The van der Waals surface area contributed by atoms with Gasteiger partial charge in [0.15, 0.2) is 5.60 Å². The molecule has 0 bridgehead atoms. The van der Waals surface area contributed by atoms with E-state index in [2.05, 4.69) is 21.9 Å². The number of ether oxygens (including phenoxy) is 2. The average Bonchev–Trinajstić information content (AvgIpc) is 2.82. The molecule has 2 aromatic carbocycles. The van der Waals surface area contributed by atoms with Crippen LogP contribution in [0.5, 0.6) is 5.75 Å². The Morgan fingerprint density at radius 1 is 0.921 bits per heavy atom. The van der Waals surface area contributed by atoms with E-state index in [9.17, 15) is 18.0 Å². The SMILES string of the molecule is CCOC(=O)C(C)(C)Oc1c(C)cc(CN2CCN(Cc3ccc(C(F)(F)F)c(C(C)C)c3)CC2)cc1C. The van der Waals surface area contributed by atoms with E-state index >= 15 is 0 Å². The molecule has 210 valence electrons. The Kier molecular flexibility index (Phi) is 9.52. The summed E-state index contributed by atoms with van der Waals surface area (Å²) in [7, 11) is 0. The Morgan fingerprint density at radius 2 is 1.45 bits per heavy atom. The highest BCUT2D eigenvalue weighted by Gasteiger charge is 2.34. The number of halogens is 3. The minimum absolute atomic E-state index is 0.191. The summed E-state index contributed by atoms with van der Waals surface area (Å²) < 4.78 is 51.4. The number of aryl methyl sites for hydroxylation is 2. The van der Waals surface area contributed by atoms with E-state index in [4.69, 9.17) is 9.47 Å². The van der Waals surface area contributed by atoms with Crippen LogP contribution in [0.4, 0.5) is 13.2 Å². The van der Waals surface area contributed by atoms with Gasteiger partial charge in [0.2, 0.25) is 0 Å². The zero-order chi connectivity index (χ0) is 28.3. The molecule has 0 atom stereocenters. The van der Waals surface area contributed by atoms with Gasteiger partial charge in [0.1, 0.15) is 5.75 Å². The van der Waals surface area contributed by atoms with Gasteiger partial charge in [0.25, 0.3) is 0 Å². The number of hydrogen-bond donors (Lipinski definition) is 0. The number of esters is 1. The Morgan fingerprint density at radius 3 is 1.92 bits per heavy atom. The molecule has 1 aliphatic heterocycles. The van der Waals surface area contributed by atoms with E-state index in [1.807, 2.05) is 13.8 Å². The summed E-state index contributed by atoms with van der Waals surface area (Å²) in [5.74, 6) is 0.120. The maximum atomic E-state index is 13.4. The fraction of sp³-hybridized carbons (Fsp3) is 0.567. The fourth-order valence-corrected chi connectivity index (χ4v) is 4.96. The van der Waals surface area contributed by atoms with Gasteiger partial charge in [-0.2, -0.15) is 13.2 Å². The Bertz CT molecular complexity index is 1100. The van der Waals surface area contributed by atoms with Crippen LogP contribution in [0, 0.1) is 13.8 Å². The molecule has 2 aromatic rings. The summed E-state index contributed by atoms with van der Waals surface area (Å²) >= 11 is 0. The molecular weight excluding hydrogens is 493 g/mol. The lowest BCUT2D eigenvalue weighted by molar-refractivity contribution is -0.158.